The van der Waals surface area contributed by atoms with Crippen LogP contribution in [0.15, 0.2) is 48.5 Å². The third kappa shape index (κ3) is 2.92. The van der Waals surface area contributed by atoms with Gasteiger partial charge in [-0.2, -0.15) is 17.0 Å². The average molecular weight is 346 g/mol. The van der Waals surface area contributed by atoms with Crippen molar-refractivity contribution >= 4 is 10.2 Å². The van der Waals surface area contributed by atoms with Gasteiger partial charge in [0.1, 0.15) is 5.75 Å². The molecule has 2 aromatic rings. The molecule has 0 spiro atoms. The van der Waals surface area contributed by atoms with Crippen LogP contribution in [0.3, 0.4) is 0 Å². The second-order valence-corrected chi connectivity index (χ2v) is 8.12. The van der Waals surface area contributed by atoms with E-state index >= 15 is 0 Å². The Hall–Kier alpha value is -1.89. The van der Waals surface area contributed by atoms with E-state index < -0.39 is 10.2 Å². The van der Waals surface area contributed by atoms with Gasteiger partial charge < -0.3 is 4.74 Å². The lowest BCUT2D eigenvalue weighted by molar-refractivity contribution is 0.319. The minimum absolute atomic E-state index is 0.326. The van der Waals surface area contributed by atoms with Gasteiger partial charge in [0, 0.05) is 20.6 Å². The molecule has 1 aliphatic heterocycles. The molecule has 5 nitrogen and oxygen atoms in total. The van der Waals surface area contributed by atoms with E-state index in [9.17, 15) is 8.42 Å². The minimum atomic E-state index is -3.52. The Morgan fingerprint density at radius 1 is 1.12 bits per heavy atom. The predicted octanol–water partition coefficient (Wildman–Crippen LogP) is 2.45. The van der Waals surface area contributed by atoms with Crippen molar-refractivity contribution in [2.75, 3.05) is 27.7 Å². The predicted molar refractivity (Wildman–Crippen MR) is 94.3 cm³/mol. The number of fused-ring (bicyclic) bond motifs is 1. The molecule has 3 rings (SSSR count). The summed E-state index contributed by atoms with van der Waals surface area (Å²) in [6, 6.07) is 15.3. The van der Waals surface area contributed by atoms with Crippen molar-refractivity contribution in [3.8, 4) is 5.75 Å². The van der Waals surface area contributed by atoms with Crippen LogP contribution in [0.5, 0.6) is 5.75 Å². The Kier molecular flexibility index (Phi) is 4.62. The molecule has 0 aliphatic carbocycles. The zero-order valence-electron chi connectivity index (χ0n) is 14.1. The van der Waals surface area contributed by atoms with E-state index in [1.54, 1.807) is 25.5 Å². The van der Waals surface area contributed by atoms with Gasteiger partial charge in [-0.05, 0) is 35.2 Å². The zero-order chi connectivity index (χ0) is 17.3. The van der Waals surface area contributed by atoms with E-state index in [1.165, 1.54) is 4.31 Å². The van der Waals surface area contributed by atoms with Gasteiger partial charge in [0.25, 0.3) is 10.2 Å². The molecule has 0 radical (unpaired) electrons. The molecule has 0 N–H and O–H groups in total. The third-order valence-electron chi connectivity index (χ3n) is 4.41. The first-order chi connectivity index (χ1) is 11.4. The average Bonchev–Trinajstić information content (AvgIpc) is 2.60. The maximum absolute atomic E-state index is 12.8. The Morgan fingerprint density at radius 3 is 2.46 bits per heavy atom. The van der Waals surface area contributed by atoms with Crippen molar-refractivity contribution in [3.63, 3.8) is 0 Å². The van der Waals surface area contributed by atoms with Gasteiger partial charge in [-0.3, -0.25) is 0 Å². The highest BCUT2D eigenvalue weighted by atomic mass is 32.2. The molecule has 0 amide bonds. The highest BCUT2D eigenvalue weighted by molar-refractivity contribution is 7.86. The minimum Gasteiger partial charge on any atom is -0.497 e. The van der Waals surface area contributed by atoms with Crippen LogP contribution in [0.25, 0.3) is 0 Å². The number of ether oxygens (including phenoxy) is 1. The highest BCUT2D eigenvalue weighted by Gasteiger charge is 2.37. The molecule has 1 heterocycles. The molecule has 0 aromatic heterocycles. The monoisotopic (exact) mass is 346 g/mol. The van der Waals surface area contributed by atoms with Crippen LogP contribution in [0.2, 0.25) is 0 Å². The van der Waals surface area contributed by atoms with E-state index in [1.807, 2.05) is 48.5 Å². The fourth-order valence-corrected chi connectivity index (χ4v) is 4.39. The van der Waals surface area contributed by atoms with Crippen LogP contribution in [-0.4, -0.2) is 44.8 Å². The second-order valence-electron chi connectivity index (χ2n) is 6.03. The molecule has 128 valence electrons. The summed E-state index contributed by atoms with van der Waals surface area (Å²) in [6.07, 6.45) is 0.670. The SMILES string of the molecule is COc1ccc2c(c1)CCN(S(=O)(=O)N(C)C)C2c1ccccc1. The van der Waals surface area contributed by atoms with Crippen LogP contribution < -0.4 is 4.74 Å². The highest BCUT2D eigenvalue weighted by Crippen LogP contribution is 2.38. The molecule has 0 saturated carbocycles. The largest absolute Gasteiger partial charge is 0.497 e. The van der Waals surface area contributed by atoms with Crippen molar-refractivity contribution in [1.82, 2.24) is 8.61 Å². The lowest BCUT2D eigenvalue weighted by Crippen LogP contribution is -2.45. The zero-order valence-corrected chi connectivity index (χ0v) is 15.0. The summed E-state index contributed by atoms with van der Waals surface area (Å²) in [7, 11) is 1.26. The molecule has 1 unspecified atom stereocenters. The van der Waals surface area contributed by atoms with Gasteiger partial charge in [-0.15, -0.1) is 0 Å². The number of nitrogens with zero attached hydrogens (tertiary/aromatic N) is 2. The summed E-state index contributed by atoms with van der Waals surface area (Å²) in [6.45, 7) is 0.445. The lowest BCUT2D eigenvalue weighted by Gasteiger charge is -2.38. The summed E-state index contributed by atoms with van der Waals surface area (Å²) in [5.41, 5.74) is 3.11. The summed E-state index contributed by atoms with van der Waals surface area (Å²) in [5.74, 6) is 0.796. The molecule has 0 saturated heterocycles. The molecule has 24 heavy (non-hydrogen) atoms. The van der Waals surface area contributed by atoms with Crippen LogP contribution in [0, 0.1) is 0 Å². The smallest absolute Gasteiger partial charge is 0.282 e. The van der Waals surface area contributed by atoms with Gasteiger partial charge in [-0.25, -0.2) is 0 Å². The number of rotatable bonds is 4. The molecule has 1 atom stereocenters. The fraction of sp³-hybridized carbons (Fsp3) is 0.333. The van der Waals surface area contributed by atoms with Gasteiger partial charge in [0.05, 0.1) is 13.2 Å². The summed E-state index contributed by atoms with van der Waals surface area (Å²) < 4.78 is 33.8. The molecule has 2 aromatic carbocycles. The van der Waals surface area contributed by atoms with Crippen LogP contribution in [0.4, 0.5) is 0 Å². The lowest BCUT2D eigenvalue weighted by atomic mass is 9.90. The van der Waals surface area contributed by atoms with Crippen molar-refractivity contribution < 1.29 is 13.2 Å². The number of hydrogen-bond acceptors (Lipinski definition) is 3. The summed E-state index contributed by atoms with van der Waals surface area (Å²) in [5, 5.41) is 0. The Bertz CT molecular complexity index is 819. The van der Waals surface area contributed by atoms with Crippen LogP contribution >= 0.6 is 0 Å². The van der Waals surface area contributed by atoms with Gasteiger partial charge in [0.15, 0.2) is 0 Å². The van der Waals surface area contributed by atoms with Crippen molar-refractivity contribution in [2.24, 2.45) is 0 Å². The first-order valence-corrected chi connectivity index (χ1v) is 9.26. The maximum atomic E-state index is 12.8. The number of methoxy groups -OCH3 is 1. The van der Waals surface area contributed by atoms with E-state index in [-0.39, 0.29) is 6.04 Å². The molecule has 1 aliphatic rings. The Balaban J connectivity index is 2.16. The van der Waals surface area contributed by atoms with Crippen molar-refractivity contribution in [1.29, 1.82) is 0 Å². The molecular formula is C18H22N2O3S. The Labute approximate surface area is 143 Å². The van der Waals surface area contributed by atoms with Crippen LogP contribution in [0.1, 0.15) is 22.7 Å². The summed E-state index contributed by atoms with van der Waals surface area (Å²) in [4.78, 5) is 0. The maximum Gasteiger partial charge on any atom is 0.282 e. The third-order valence-corrected chi connectivity index (χ3v) is 6.32. The normalized spacial score (nSPS) is 18.4. The van der Waals surface area contributed by atoms with Crippen molar-refractivity contribution in [2.45, 2.75) is 12.5 Å². The van der Waals surface area contributed by atoms with Gasteiger partial charge in [0.2, 0.25) is 0 Å². The van der Waals surface area contributed by atoms with Gasteiger partial charge in [-0.1, -0.05) is 36.4 Å². The van der Waals surface area contributed by atoms with Crippen molar-refractivity contribution in [3.05, 3.63) is 65.2 Å². The molecule has 0 fully saturated rings. The quantitative estimate of drug-likeness (QED) is 0.854. The molecule has 6 heteroatoms. The number of hydrogen-bond donors (Lipinski definition) is 0. The molecule has 0 bridgehead atoms. The van der Waals surface area contributed by atoms with E-state index in [4.69, 9.17) is 4.74 Å². The first-order valence-electron chi connectivity index (χ1n) is 7.86. The Morgan fingerprint density at radius 2 is 1.83 bits per heavy atom. The number of benzene rings is 2. The van der Waals surface area contributed by atoms with Gasteiger partial charge >= 0.3 is 0 Å². The van der Waals surface area contributed by atoms with Crippen LogP contribution in [-0.2, 0) is 16.6 Å². The topological polar surface area (TPSA) is 49.9 Å². The first kappa shape index (κ1) is 17.0. The van der Waals surface area contributed by atoms with E-state index in [0.29, 0.717) is 13.0 Å². The fourth-order valence-electron chi connectivity index (χ4n) is 3.15. The standard InChI is InChI=1S/C18H22N2O3S/c1-19(2)24(21,22)20-12-11-15-13-16(23-3)9-10-17(15)18(20)14-7-5-4-6-8-14/h4-10,13,18H,11-12H2,1-3H3. The van der Waals surface area contributed by atoms with E-state index in [2.05, 4.69) is 0 Å². The second kappa shape index (κ2) is 6.55. The summed E-state index contributed by atoms with van der Waals surface area (Å²) >= 11 is 0. The van der Waals surface area contributed by atoms with E-state index in [0.717, 1.165) is 22.4 Å². The molecular weight excluding hydrogens is 324 g/mol.